The van der Waals surface area contributed by atoms with Gasteiger partial charge in [0.15, 0.2) is 0 Å². The van der Waals surface area contributed by atoms with Crippen molar-refractivity contribution in [3.05, 3.63) is 28.8 Å². The molecule has 1 saturated heterocycles. The molecule has 1 aliphatic rings. The average Bonchev–Trinajstić information content (AvgIpc) is 2.29. The van der Waals surface area contributed by atoms with Crippen LogP contribution < -0.4 is 4.74 Å². The van der Waals surface area contributed by atoms with E-state index in [1.165, 1.54) is 0 Å². The van der Waals surface area contributed by atoms with Crippen LogP contribution in [0.5, 0.6) is 5.75 Å². The predicted octanol–water partition coefficient (Wildman–Crippen LogP) is 2.92. The third-order valence-electron chi connectivity index (χ3n) is 3.63. The molecule has 2 rings (SSSR count). The molecule has 0 atom stereocenters. The summed E-state index contributed by atoms with van der Waals surface area (Å²) in [6, 6.07) is 6.56. The SMILES string of the molecule is COc1cc(C)c(C2(C#N)COC2)cc1C(C)C. The summed E-state index contributed by atoms with van der Waals surface area (Å²) in [4.78, 5) is 0. The van der Waals surface area contributed by atoms with E-state index in [4.69, 9.17) is 9.47 Å². The van der Waals surface area contributed by atoms with Gasteiger partial charge in [-0.2, -0.15) is 5.26 Å². The van der Waals surface area contributed by atoms with Crippen LogP contribution in [0.2, 0.25) is 0 Å². The number of methoxy groups -OCH3 is 1. The number of nitriles is 1. The van der Waals surface area contributed by atoms with E-state index in [0.29, 0.717) is 19.1 Å². The molecule has 0 saturated carbocycles. The first-order chi connectivity index (χ1) is 8.54. The van der Waals surface area contributed by atoms with Gasteiger partial charge in [0.25, 0.3) is 0 Å². The molecule has 0 amide bonds. The highest BCUT2D eigenvalue weighted by molar-refractivity contribution is 5.50. The summed E-state index contributed by atoms with van der Waals surface area (Å²) in [5, 5.41) is 9.41. The van der Waals surface area contributed by atoms with Gasteiger partial charge < -0.3 is 9.47 Å². The van der Waals surface area contributed by atoms with Gasteiger partial charge in [-0.25, -0.2) is 0 Å². The van der Waals surface area contributed by atoms with Crippen molar-refractivity contribution in [3.8, 4) is 11.8 Å². The van der Waals surface area contributed by atoms with E-state index >= 15 is 0 Å². The maximum atomic E-state index is 9.41. The molecule has 3 nitrogen and oxygen atoms in total. The number of hydrogen-bond donors (Lipinski definition) is 0. The van der Waals surface area contributed by atoms with E-state index in [0.717, 1.165) is 22.4 Å². The van der Waals surface area contributed by atoms with Crippen LogP contribution in [0, 0.1) is 18.3 Å². The van der Waals surface area contributed by atoms with Crippen LogP contribution in [0.3, 0.4) is 0 Å². The van der Waals surface area contributed by atoms with Crippen molar-refractivity contribution in [1.82, 2.24) is 0 Å². The van der Waals surface area contributed by atoms with E-state index in [2.05, 4.69) is 26.0 Å². The average molecular weight is 245 g/mol. The molecule has 1 aromatic carbocycles. The topological polar surface area (TPSA) is 42.2 Å². The van der Waals surface area contributed by atoms with Crippen molar-refractivity contribution in [2.45, 2.75) is 32.1 Å². The third kappa shape index (κ3) is 1.87. The number of rotatable bonds is 3. The van der Waals surface area contributed by atoms with Crippen LogP contribution >= 0.6 is 0 Å². The first-order valence-electron chi connectivity index (χ1n) is 6.22. The minimum atomic E-state index is -0.458. The largest absolute Gasteiger partial charge is 0.496 e. The molecule has 0 N–H and O–H groups in total. The highest BCUT2D eigenvalue weighted by Crippen LogP contribution is 2.38. The summed E-state index contributed by atoms with van der Waals surface area (Å²) < 4.78 is 10.7. The van der Waals surface area contributed by atoms with E-state index in [1.807, 2.05) is 13.0 Å². The van der Waals surface area contributed by atoms with E-state index in [-0.39, 0.29) is 0 Å². The van der Waals surface area contributed by atoms with Gasteiger partial charge in [-0.05, 0) is 41.7 Å². The third-order valence-corrected chi connectivity index (χ3v) is 3.63. The number of ether oxygens (including phenoxy) is 2. The van der Waals surface area contributed by atoms with Gasteiger partial charge in [0.1, 0.15) is 11.2 Å². The Bertz CT molecular complexity index is 496. The number of hydrogen-bond acceptors (Lipinski definition) is 3. The summed E-state index contributed by atoms with van der Waals surface area (Å²) in [5.41, 5.74) is 2.88. The van der Waals surface area contributed by atoms with Crippen LogP contribution in [0.4, 0.5) is 0 Å². The second-order valence-corrected chi connectivity index (χ2v) is 5.25. The molecule has 1 heterocycles. The van der Waals surface area contributed by atoms with Gasteiger partial charge >= 0.3 is 0 Å². The highest BCUT2D eigenvalue weighted by Gasteiger charge is 2.42. The molecule has 0 aliphatic carbocycles. The first kappa shape index (κ1) is 12.9. The lowest BCUT2D eigenvalue weighted by Crippen LogP contribution is -2.46. The Labute approximate surface area is 108 Å². The molecule has 0 bridgehead atoms. The maximum absolute atomic E-state index is 9.41. The molecular weight excluding hydrogens is 226 g/mol. The fourth-order valence-electron chi connectivity index (χ4n) is 2.43. The monoisotopic (exact) mass is 245 g/mol. The summed E-state index contributed by atoms with van der Waals surface area (Å²) >= 11 is 0. The predicted molar refractivity (Wildman–Crippen MR) is 69.9 cm³/mol. The zero-order valence-corrected chi connectivity index (χ0v) is 11.4. The maximum Gasteiger partial charge on any atom is 0.129 e. The number of nitrogens with zero attached hydrogens (tertiary/aromatic N) is 1. The fraction of sp³-hybridized carbons (Fsp3) is 0.533. The van der Waals surface area contributed by atoms with Crippen molar-refractivity contribution in [2.75, 3.05) is 20.3 Å². The van der Waals surface area contributed by atoms with E-state index in [1.54, 1.807) is 7.11 Å². The van der Waals surface area contributed by atoms with Crippen molar-refractivity contribution >= 4 is 0 Å². The second kappa shape index (κ2) is 4.62. The highest BCUT2D eigenvalue weighted by atomic mass is 16.5. The molecule has 1 aromatic rings. The van der Waals surface area contributed by atoms with Crippen molar-refractivity contribution in [1.29, 1.82) is 5.26 Å². The summed E-state index contributed by atoms with van der Waals surface area (Å²) in [6.45, 7) is 7.28. The lowest BCUT2D eigenvalue weighted by atomic mass is 9.76. The summed E-state index contributed by atoms with van der Waals surface area (Å²) in [6.07, 6.45) is 0. The Hall–Kier alpha value is -1.53. The number of aryl methyl sites for hydroxylation is 1. The molecular formula is C15H19NO2. The summed E-state index contributed by atoms with van der Waals surface area (Å²) in [5.74, 6) is 1.27. The molecule has 1 fully saturated rings. The minimum absolute atomic E-state index is 0.371. The number of benzene rings is 1. The summed E-state index contributed by atoms with van der Waals surface area (Å²) in [7, 11) is 1.69. The standard InChI is InChI=1S/C15H19NO2/c1-10(2)12-6-13(11(3)5-14(12)17-4)15(7-16)8-18-9-15/h5-6,10H,8-9H2,1-4H3. The quantitative estimate of drug-likeness (QED) is 0.822. The zero-order valence-electron chi connectivity index (χ0n) is 11.4. The van der Waals surface area contributed by atoms with Crippen LogP contribution in [0.15, 0.2) is 12.1 Å². The Kier molecular flexibility index (Phi) is 3.32. The smallest absolute Gasteiger partial charge is 0.129 e. The Morgan fingerprint density at radius 3 is 2.44 bits per heavy atom. The van der Waals surface area contributed by atoms with Crippen LogP contribution in [0.1, 0.15) is 36.5 Å². The molecule has 0 unspecified atom stereocenters. The Morgan fingerprint density at radius 1 is 1.39 bits per heavy atom. The zero-order chi connectivity index (χ0) is 13.3. The van der Waals surface area contributed by atoms with Crippen molar-refractivity contribution in [2.24, 2.45) is 0 Å². The lowest BCUT2D eigenvalue weighted by molar-refractivity contribution is -0.0301. The van der Waals surface area contributed by atoms with Gasteiger partial charge in [0.2, 0.25) is 0 Å². The van der Waals surface area contributed by atoms with Gasteiger partial charge in [-0.3, -0.25) is 0 Å². The van der Waals surface area contributed by atoms with Gasteiger partial charge in [-0.15, -0.1) is 0 Å². The van der Waals surface area contributed by atoms with Gasteiger partial charge in [0, 0.05) is 0 Å². The molecule has 3 heteroatoms. The van der Waals surface area contributed by atoms with Crippen LogP contribution in [0.25, 0.3) is 0 Å². The molecule has 96 valence electrons. The van der Waals surface area contributed by atoms with Crippen LogP contribution in [-0.4, -0.2) is 20.3 Å². The fourth-order valence-corrected chi connectivity index (χ4v) is 2.43. The van der Waals surface area contributed by atoms with Gasteiger partial charge in [0.05, 0.1) is 26.4 Å². The Morgan fingerprint density at radius 2 is 2.06 bits per heavy atom. The van der Waals surface area contributed by atoms with E-state index in [9.17, 15) is 5.26 Å². The van der Waals surface area contributed by atoms with Crippen LogP contribution in [-0.2, 0) is 10.2 Å². The molecule has 0 radical (unpaired) electrons. The normalized spacial score (nSPS) is 17.1. The molecule has 0 aromatic heterocycles. The molecule has 1 aliphatic heterocycles. The Balaban J connectivity index is 2.56. The lowest BCUT2D eigenvalue weighted by Gasteiger charge is -2.37. The molecule has 0 spiro atoms. The first-order valence-corrected chi connectivity index (χ1v) is 6.22. The van der Waals surface area contributed by atoms with Crippen molar-refractivity contribution < 1.29 is 9.47 Å². The second-order valence-electron chi connectivity index (χ2n) is 5.25. The van der Waals surface area contributed by atoms with Crippen molar-refractivity contribution in [3.63, 3.8) is 0 Å². The minimum Gasteiger partial charge on any atom is -0.496 e. The van der Waals surface area contributed by atoms with E-state index < -0.39 is 5.41 Å². The molecule has 18 heavy (non-hydrogen) atoms. The van der Waals surface area contributed by atoms with Gasteiger partial charge in [-0.1, -0.05) is 13.8 Å².